The predicted octanol–water partition coefficient (Wildman–Crippen LogP) is 2.86. The van der Waals surface area contributed by atoms with E-state index in [2.05, 4.69) is 6.92 Å². The van der Waals surface area contributed by atoms with Gasteiger partial charge in [-0.2, -0.15) is 0 Å². The monoisotopic (exact) mass is 204 g/mol. The molecule has 0 saturated heterocycles. The van der Waals surface area contributed by atoms with Gasteiger partial charge >= 0.3 is 9.28 Å². The van der Waals surface area contributed by atoms with Crippen molar-refractivity contribution >= 4 is 9.28 Å². The molecule has 80 valence electrons. The number of hydrogen-bond acceptors (Lipinski definition) is 2. The number of hydrogen-bond donors (Lipinski definition) is 0. The first-order valence-corrected chi connectivity index (χ1v) is 7.16. The van der Waals surface area contributed by atoms with Crippen LogP contribution in [0.5, 0.6) is 0 Å². The van der Waals surface area contributed by atoms with Crippen molar-refractivity contribution in [3.05, 3.63) is 0 Å². The first-order chi connectivity index (χ1) is 6.35. The van der Waals surface area contributed by atoms with E-state index in [1.807, 2.05) is 0 Å². The summed E-state index contributed by atoms with van der Waals surface area (Å²) in [5, 5.41) is 0. The molecule has 0 amide bonds. The highest BCUT2D eigenvalue weighted by Gasteiger charge is 2.07. The molecule has 0 aliphatic heterocycles. The molecule has 3 heteroatoms. The molecule has 2 nitrogen and oxygen atoms in total. The molecule has 0 aliphatic rings. The normalized spacial score (nSPS) is 11.1. The molecule has 13 heavy (non-hydrogen) atoms. The lowest BCUT2D eigenvalue weighted by atomic mass is 10.1. The lowest BCUT2D eigenvalue weighted by Gasteiger charge is -2.09. The van der Waals surface area contributed by atoms with Gasteiger partial charge in [-0.25, -0.2) is 0 Å². The van der Waals surface area contributed by atoms with Gasteiger partial charge in [-0.3, -0.25) is 0 Å². The molecule has 0 aromatic heterocycles. The zero-order valence-electron chi connectivity index (χ0n) is 9.34. The molecule has 0 fully saturated rings. The van der Waals surface area contributed by atoms with E-state index < -0.39 is 9.28 Å². The average molecular weight is 204 g/mol. The van der Waals surface area contributed by atoms with Gasteiger partial charge in [-0.05, 0) is 6.04 Å². The largest absolute Gasteiger partial charge is 0.400 e. The van der Waals surface area contributed by atoms with Crippen molar-refractivity contribution in [3.63, 3.8) is 0 Å². The summed E-state index contributed by atoms with van der Waals surface area (Å²) in [7, 11) is 2.27. The maximum absolute atomic E-state index is 5.24. The van der Waals surface area contributed by atoms with E-state index in [0.717, 1.165) is 0 Å². The van der Waals surface area contributed by atoms with E-state index in [1.165, 1.54) is 44.6 Å². The Labute approximate surface area is 84.5 Å². The molecule has 0 spiro atoms. The van der Waals surface area contributed by atoms with Gasteiger partial charge in [0.1, 0.15) is 0 Å². The SMILES string of the molecule is CCCCCCCC[SiH](OC)OC. The fourth-order valence-electron chi connectivity index (χ4n) is 1.42. The summed E-state index contributed by atoms with van der Waals surface area (Å²) < 4.78 is 10.5. The second-order valence-corrected chi connectivity index (χ2v) is 5.84. The fraction of sp³-hybridized carbons (Fsp3) is 1.00. The van der Waals surface area contributed by atoms with Crippen molar-refractivity contribution in [1.29, 1.82) is 0 Å². The molecular formula is C10H24O2Si. The molecule has 0 saturated carbocycles. The van der Waals surface area contributed by atoms with Gasteiger partial charge in [-0.1, -0.05) is 45.4 Å². The Bertz CT molecular complexity index is 94.9. The van der Waals surface area contributed by atoms with Crippen LogP contribution in [-0.2, 0) is 8.85 Å². The lowest BCUT2D eigenvalue weighted by molar-refractivity contribution is 0.276. The summed E-state index contributed by atoms with van der Waals surface area (Å²) in [6, 6.07) is 1.17. The van der Waals surface area contributed by atoms with Gasteiger partial charge in [0.2, 0.25) is 0 Å². The van der Waals surface area contributed by atoms with Crippen LogP contribution in [0.3, 0.4) is 0 Å². The summed E-state index contributed by atoms with van der Waals surface area (Å²) in [6.07, 6.45) is 8.10. The fourth-order valence-corrected chi connectivity index (χ4v) is 2.71. The van der Waals surface area contributed by atoms with Crippen LogP contribution in [0.1, 0.15) is 45.4 Å². The molecule has 0 aliphatic carbocycles. The van der Waals surface area contributed by atoms with Crippen LogP contribution in [0.15, 0.2) is 0 Å². The van der Waals surface area contributed by atoms with E-state index in [4.69, 9.17) is 8.85 Å². The van der Waals surface area contributed by atoms with Crippen molar-refractivity contribution in [2.45, 2.75) is 51.5 Å². The highest BCUT2D eigenvalue weighted by molar-refractivity contribution is 6.44. The number of rotatable bonds is 9. The maximum atomic E-state index is 5.24. The molecule has 0 aromatic carbocycles. The van der Waals surface area contributed by atoms with Crippen molar-refractivity contribution in [1.82, 2.24) is 0 Å². The van der Waals surface area contributed by atoms with Crippen molar-refractivity contribution in [2.24, 2.45) is 0 Å². The highest BCUT2D eigenvalue weighted by atomic mass is 28.3. The summed E-state index contributed by atoms with van der Waals surface area (Å²) in [5.74, 6) is 0. The molecule has 0 radical (unpaired) electrons. The molecule has 0 bridgehead atoms. The van der Waals surface area contributed by atoms with Gasteiger partial charge < -0.3 is 8.85 Å². The first-order valence-electron chi connectivity index (χ1n) is 5.40. The van der Waals surface area contributed by atoms with Crippen LogP contribution in [-0.4, -0.2) is 23.5 Å². The molecule has 0 aromatic rings. The number of unbranched alkanes of at least 4 members (excludes halogenated alkanes) is 5. The Morgan fingerprint density at radius 3 is 1.92 bits per heavy atom. The third-order valence-corrected chi connectivity index (χ3v) is 4.25. The molecule has 0 unspecified atom stereocenters. The molecule has 0 rings (SSSR count). The highest BCUT2D eigenvalue weighted by Crippen LogP contribution is 2.09. The van der Waals surface area contributed by atoms with E-state index >= 15 is 0 Å². The topological polar surface area (TPSA) is 18.5 Å². The van der Waals surface area contributed by atoms with E-state index in [1.54, 1.807) is 14.2 Å². The van der Waals surface area contributed by atoms with Crippen LogP contribution < -0.4 is 0 Å². The molecule has 0 N–H and O–H groups in total. The summed E-state index contributed by atoms with van der Waals surface area (Å²) in [4.78, 5) is 0. The van der Waals surface area contributed by atoms with Crippen LogP contribution >= 0.6 is 0 Å². The van der Waals surface area contributed by atoms with Gasteiger partial charge in [0.25, 0.3) is 0 Å². The maximum Gasteiger partial charge on any atom is 0.320 e. The van der Waals surface area contributed by atoms with Gasteiger partial charge in [0.05, 0.1) is 0 Å². The van der Waals surface area contributed by atoms with Crippen LogP contribution in [0.2, 0.25) is 6.04 Å². The van der Waals surface area contributed by atoms with Crippen LogP contribution in [0, 0.1) is 0 Å². The quantitative estimate of drug-likeness (QED) is 0.425. The summed E-state index contributed by atoms with van der Waals surface area (Å²) in [6.45, 7) is 2.25. The standard InChI is InChI=1S/C10H24O2Si/c1-4-5-6-7-8-9-10-13(11-2)12-3/h13H,4-10H2,1-3H3. The Hall–Kier alpha value is 0.137. The Kier molecular flexibility index (Phi) is 10.3. The van der Waals surface area contributed by atoms with E-state index in [-0.39, 0.29) is 0 Å². The van der Waals surface area contributed by atoms with Crippen molar-refractivity contribution < 1.29 is 8.85 Å². The minimum Gasteiger partial charge on any atom is -0.400 e. The zero-order chi connectivity index (χ0) is 9.94. The van der Waals surface area contributed by atoms with Crippen molar-refractivity contribution in [2.75, 3.05) is 14.2 Å². The molecular weight excluding hydrogens is 180 g/mol. The molecule has 0 atom stereocenters. The minimum atomic E-state index is -1.25. The Balaban J connectivity index is 3.05. The zero-order valence-corrected chi connectivity index (χ0v) is 10.5. The lowest BCUT2D eigenvalue weighted by Crippen LogP contribution is -2.18. The minimum absolute atomic E-state index is 1.17. The Morgan fingerprint density at radius 2 is 1.38 bits per heavy atom. The van der Waals surface area contributed by atoms with Gasteiger partial charge in [0, 0.05) is 14.2 Å². The van der Waals surface area contributed by atoms with Crippen LogP contribution in [0.4, 0.5) is 0 Å². The third kappa shape index (κ3) is 8.47. The first kappa shape index (κ1) is 13.1. The van der Waals surface area contributed by atoms with Crippen molar-refractivity contribution in [3.8, 4) is 0 Å². The second-order valence-electron chi connectivity index (χ2n) is 3.46. The Morgan fingerprint density at radius 1 is 0.846 bits per heavy atom. The predicted molar refractivity (Wildman–Crippen MR) is 59.4 cm³/mol. The summed E-state index contributed by atoms with van der Waals surface area (Å²) >= 11 is 0. The smallest absolute Gasteiger partial charge is 0.320 e. The average Bonchev–Trinajstić information content (AvgIpc) is 2.17. The van der Waals surface area contributed by atoms with E-state index in [0.29, 0.717) is 0 Å². The third-order valence-electron chi connectivity index (χ3n) is 2.32. The van der Waals surface area contributed by atoms with Gasteiger partial charge in [-0.15, -0.1) is 0 Å². The molecule has 0 heterocycles. The van der Waals surface area contributed by atoms with Crippen LogP contribution in [0.25, 0.3) is 0 Å². The van der Waals surface area contributed by atoms with Gasteiger partial charge in [0.15, 0.2) is 0 Å². The van der Waals surface area contributed by atoms with E-state index in [9.17, 15) is 0 Å². The second kappa shape index (κ2) is 10.2. The summed E-state index contributed by atoms with van der Waals surface area (Å²) in [5.41, 5.74) is 0.